The van der Waals surface area contributed by atoms with Gasteiger partial charge in [-0.2, -0.15) is 5.26 Å². The van der Waals surface area contributed by atoms with Crippen molar-refractivity contribution in [2.75, 3.05) is 19.8 Å². The first-order chi connectivity index (χ1) is 19.8. The molecular weight excluding hydrogens is 544 g/mol. The number of halogens is 1. The van der Waals surface area contributed by atoms with Gasteiger partial charge in [-0.25, -0.2) is 8.96 Å². The van der Waals surface area contributed by atoms with Gasteiger partial charge in [0.25, 0.3) is 0 Å². The Morgan fingerprint density at radius 3 is 1.85 bits per heavy atom. The monoisotopic (exact) mass is 599 g/mol. The molecule has 7 nitrogen and oxygen atoms in total. The summed E-state index contributed by atoms with van der Waals surface area (Å²) in [6.45, 7) is 4.41. The molecule has 0 aromatic heterocycles. The van der Waals surface area contributed by atoms with E-state index in [0.717, 1.165) is 19.3 Å². The summed E-state index contributed by atoms with van der Waals surface area (Å²) < 4.78 is 41.7. The third kappa shape index (κ3) is 20.3. The SMILES string of the molecule is CCCCCCCCCCCCCCCCCCOC[C@H](COP(=O)(O)O)OCc1cc(F)c(CCC)c(C#N)c1. The lowest BCUT2D eigenvalue weighted by Gasteiger charge is -2.19. The number of nitriles is 1. The molecule has 1 aromatic rings. The van der Waals surface area contributed by atoms with E-state index in [4.69, 9.17) is 19.3 Å². The molecule has 1 rings (SSSR count). The maximum absolute atomic E-state index is 14.5. The molecule has 0 unspecified atom stereocenters. The Balaban J connectivity index is 2.21. The number of hydrogen-bond donors (Lipinski definition) is 2. The first-order valence-corrected chi connectivity index (χ1v) is 17.4. The van der Waals surface area contributed by atoms with E-state index in [1.807, 2.05) is 13.0 Å². The summed E-state index contributed by atoms with van der Waals surface area (Å²) in [4.78, 5) is 18.1. The number of phosphoric acid groups is 1. The van der Waals surface area contributed by atoms with Crippen molar-refractivity contribution in [1.82, 2.24) is 0 Å². The lowest BCUT2D eigenvalue weighted by molar-refractivity contribution is -0.0493. The zero-order valence-electron chi connectivity index (χ0n) is 25.6. The summed E-state index contributed by atoms with van der Waals surface area (Å²) in [6.07, 6.45) is 21.2. The van der Waals surface area contributed by atoms with Crippen LogP contribution in [0.4, 0.5) is 4.39 Å². The van der Waals surface area contributed by atoms with Gasteiger partial charge < -0.3 is 19.3 Å². The van der Waals surface area contributed by atoms with Crippen LogP contribution in [-0.2, 0) is 31.6 Å². The molecule has 1 atom stereocenters. The molecule has 0 radical (unpaired) electrons. The van der Waals surface area contributed by atoms with E-state index in [2.05, 4.69) is 11.4 Å². The highest BCUT2D eigenvalue weighted by Gasteiger charge is 2.20. The van der Waals surface area contributed by atoms with Crippen LogP contribution in [0.1, 0.15) is 140 Å². The zero-order valence-corrected chi connectivity index (χ0v) is 26.5. The maximum Gasteiger partial charge on any atom is 0.469 e. The second-order valence-electron chi connectivity index (χ2n) is 11.1. The second-order valence-corrected chi connectivity index (χ2v) is 12.3. The van der Waals surface area contributed by atoms with Crippen molar-refractivity contribution in [3.63, 3.8) is 0 Å². The fourth-order valence-electron chi connectivity index (χ4n) is 4.89. The summed E-state index contributed by atoms with van der Waals surface area (Å²) in [5, 5.41) is 9.38. The van der Waals surface area contributed by atoms with E-state index in [1.165, 1.54) is 96.0 Å². The third-order valence-electron chi connectivity index (χ3n) is 7.24. The highest BCUT2D eigenvalue weighted by molar-refractivity contribution is 7.46. The van der Waals surface area contributed by atoms with Gasteiger partial charge in [0.2, 0.25) is 0 Å². The van der Waals surface area contributed by atoms with Crippen LogP contribution >= 0.6 is 7.82 Å². The van der Waals surface area contributed by atoms with Gasteiger partial charge in [0, 0.05) is 12.2 Å². The molecular formula is C32H55FNO6P. The summed E-state index contributed by atoms with van der Waals surface area (Å²) in [5.74, 6) is -0.452. The number of unbranched alkanes of at least 4 members (excludes halogenated alkanes) is 15. The van der Waals surface area contributed by atoms with E-state index in [9.17, 15) is 14.2 Å². The minimum atomic E-state index is -4.67. The molecule has 236 valence electrons. The Morgan fingerprint density at radius 2 is 1.37 bits per heavy atom. The van der Waals surface area contributed by atoms with E-state index >= 15 is 0 Å². The van der Waals surface area contributed by atoms with Crippen LogP contribution in [0.2, 0.25) is 0 Å². The van der Waals surface area contributed by atoms with E-state index < -0.39 is 19.7 Å². The number of ether oxygens (including phenoxy) is 2. The Bertz CT molecular complexity index is 888. The lowest BCUT2D eigenvalue weighted by Crippen LogP contribution is -2.25. The van der Waals surface area contributed by atoms with Gasteiger partial charge in [0.1, 0.15) is 11.9 Å². The van der Waals surface area contributed by atoms with Crippen molar-refractivity contribution in [1.29, 1.82) is 5.26 Å². The molecule has 0 fully saturated rings. The number of benzene rings is 1. The minimum absolute atomic E-state index is 0.0321. The molecule has 0 amide bonds. The Hall–Kier alpha value is -1.33. The highest BCUT2D eigenvalue weighted by atomic mass is 31.2. The fraction of sp³-hybridized carbons (Fsp3) is 0.781. The number of phosphoric ester groups is 1. The highest BCUT2D eigenvalue weighted by Crippen LogP contribution is 2.36. The summed E-state index contributed by atoms with van der Waals surface area (Å²) in [5.41, 5.74) is 1.13. The zero-order chi connectivity index (χ0) is 30.2. The predicted molar refractivity (Wildman–Crippen MR) is 162 cm³/mol. The first-order valence-electron chi connectivity index (χ1n) is 15.9. The van der Waals surface area contributed by atoms with Crippen molar-refractivity contribution in [2.24, 2.45) is 0 Å². The minimum Gasteiger partial charge on any atom is -0.379 e. The average Bonchev–Trinajstić information content (AvgIpc) is 2.94. The van der Waals surface area contributed by atoms with Gasteiger partial charge >= 0.3 is 7.82 Å². The van der Waals surface area contributed by atoms with Crippen molar-refractivity contribution in [3.05, 3.63) is 34.6 Å². The van der Waals surface area contributed by atoms with Gasteiger partial charge in [-0.05, 0) is 30.5 Å². The van der Waals surface area contributed by atoms with Crippen LogP contribution in [0.25, 0.3) is 0 Å². The van der Waals surface area contributed by atoms with Gasteiger partial charge in [-0.15, -0.1) is 0 Å². The number of rotatable bonds is 27. The largest absolute Gasteiger partial charge is 0.469 e. The molecule has 9 heteroatoms. The molecule has 0 aliphatic carbocycles. The summed E-state index contributed by atoms with van der Waals surface area (Å²) in [7, 11) is -4.67. The standard InChI is InChI=1S/C32H55FNO6P/c1-3-5-6-7-8-9-10-11-12-13-14-15-16-17-18-19-21-38-26-30(27-40-41(35,36)37)39-25-28-22-29(24-34)31(20-4-2)32(33)23-28/h22-23,30H,3-21,25-27H2,1-2H3,(H2,35,36,37)/t30-/m1/s1. The van der Waals surface area contributed by atoms with Gasteiger partial charge in [-0.1, -0.05) is 117 Å². The van der Waals surface area contributed by atoms with Crippen molar-refractivity contribution in [2.45, 2.75) is 142 Å². The van der Waals surface area contributed by atoms with Gasteiger partial charge in [0.15, 0.2) is 0 Å². The Labute approximate surface area is 248 Å². The summed E-state index contributed by atoms with van der Waals surface area (Å²) >= 11 is 0. The molecule has 1 aromatic carbocycles. The van der Waals surface area contributed by atoms with Gasteiger partial charge in [0.05, 0.1) is 31.5 Å². The lowest BCUT2D eigenvalue weighted by atomic mass is 10.0. The van der Waals surface area contributed by atoms with Crippen molar-refractivity contribution >= 4 is 7.82 Å². The van der Waals surface area contributed by atoms with Crippen molar-refractivity contribution in [3.8, 4) is 6.07 Å². The molecule has 0 heterocycles. The summed E-state index contributed by atoms with van der Waals surface area (Å²) in [6, 6.07) is 4.96. The van der Waals surface area contributed by atoms with E-state index in [1.54, 1.807) is 6.07 Å². The fourth-order valence-corrected chi connectivity index (χ4v) is 5.25. The third-order valence-corrected chi connectivity index (χ3v) is 7.72. The van der Waals surface area contributed by atoms with Crippen LogP contribution in [-0.4, -0.2) is 35.7 Å². The Morgan fingerprint density at radius 1 is 0.829 bits per heavy atom. The average molecular weight is 600 g/mol. The van der Waals surface area contributed by atoms with Crippen LogP contribution in [0.15, 0.2) is 12.1 Å². The van der Waals surface area contributed by atoms with Crippen LogP contribution in [0.3, 0.4) is 0 Å². The van der Waals surface area contributed by atoms with Crippen LogP contribution in [0.5, 0.6) is 0 Å². The molecule has 0 aliphatic rings. The molecule has 0 saturated carbocycles. The second kappa shape index (κ2) is 24.1. The number of nitrogens with zero attached hydrogens (tertiary/aromatic N) is 1. The van der Waals surface area contributed by atoms with Crippen LogP contribution < -0.4 is 0 Å². The molecule has 2 N–H and O–H groups in total. The smallest absolute Gasteiger partial charge is 0.379 e. The molecule has 0 bridgehead atoms. The molecule has 0 spiro atoms. The number of hydrogen-bond acceptors (Lipinski definition) is 5. The van der Waals surface area contributed by atoms with E-state index in [-0.39, 0.29) is 25.4 Å². The quantitative estimate of drug-likeness (QED) is 0.0767. The normalized spacial score (nSPS) is 12.5. The Kier molecular flexibility index (Phi) is 22.2. The van der Waals surface area contributed by atoms with Gasteiger partial charge in [-0.3, -0.25) is 4.52 Å². The van der Waals surface area contributed by atoms with Crippen molar-refractivity contribution < 1.29 is 32.7 Å². The molecule has 41 heavy (non-hydrogen) atoms. The van der Waals surface area contributed by atoms with Crippen LogP contribution in [0, 0.1) is 17.1 Å². The topological polar surface area (TPSA) is 109 Å². The first kappa shape index (κ1) is 37.7. The predicted octanol–water partition coefficient (Wildman–Crippen LogP) is 8.92. The maximum atomic E-state index is 14.5. The van der Waals surface area contributed by atoms with E-state index in [0.29, 0.717) is 24.2 Å². The molecule has 0 aliphatic heterocycles. The molecule has 0 saturated heterocycles.